The number of nitrogen functional groups attached to an aromatic ring is 1. The molecule has 0 aliphatic carbocycles. The van der Waals surface area contributed by atoms with Crippen molar-refractivity contribution in [2.45, 2.75) is 13.8 Å². The van der Waals surface area contributed by atoms with Gasteiger partial charge in [-0.1, -0.05) is 25.4 Å². The van der Waals surface area contributed by atoms with Crippen LogP contribution in [-0.2, 0) is 0 Å². The third kappa shape index (κ3) is 3.27. The van der Waals surface area contributed by atoms with Gasteiger partial charge in [0.25, 0.3) is 0 Å². The van der Waals surface area contributed by atoms with Crippen LogP contribution in [0.5, 0.6) is 0 Å². The summed E-state index contributed by atoms with van der Waals surface area (Å²) in [5.74, 6) is 1.57. The molecule has 5 heteroatoms. The molecule has 1 aromatic heterocycles. The molecule has 1 aliphatic heterocycles. The fourth-order valence-electron chi connectivity index (χ4n) is 2.34. The minimum absolute atomic E-state index is 0.613. The van der Waals surface area contributed by atoms with E-state index >= 15 is 0 Å². The van der Waals surface area contributed by atoms with Gasteiger partial charge < -0.3 is 10.6 Å². The van der Waals surface area contributed by atoms with Crippen LogP contribution in [0.2, 0.25) is 5.02 Å². The highest BCUT2D eigenvalue weighted by molar-refractivity contribution is 6.33. The second-order valence-corrected chi connectivity index (χ2v) is 5.66. The van der Waals surface area contributed by atoms with Crippen LogP contribution in [0.4, 0.5) is 11.5 Å². The maximum absolute atomic E-state index is 6.19. The molecule has 1 aromatic rings. The fraction of sp³-hybridized carbons (Fsp3) is 0.615. The Morgan fingerprint density at radius 3 is 2.56 bits per heavy atom. The number of anilines is 2. The summed E-state index contributed by atoms with van der Waals surface area (Å²) < 4.78 is 0. The molecule has 100 valence electrons. The van der Waals surface area contributed by atoms with Gasteiger partial charge in [0.2, 0.25) is 0 Å². The molecule has 0 unspecified atom stereocenters. The smallest absolute Gasteiger partial charge is 0.147 e. The Balaban J connectivity index is 1.97. The monoisotopic (exact) mass is 268 g/mol. The summed E-state index contributed by atoms with van der Waals surface area (Å²) in [6.45, 7) is 9.76. The predicted octanol–water partition coefficient (Wildman–Crippen LogP) is 2.10. The first-order chi connectivity index (χ1) is 8.56. The number of rotatable bonds is 3. The maximum Gasteiger partial charge on any atom is 0.147 e. The summed E-state index contributed by atoms with van der Waals surface area (Å²) in [5, 5.41) is 0.646. The number of aromatic nitrogens is 1. The van der Waals surface area contributed by atoms with Gasteiger partial charge in [0.15, 0.2) is 0 Å². The Hall–Kier alpha value is -1.00. The predicted molar refractivity (Wildman–Crippen MR) is 77.2 cm³/mol. The summed E-state index contributed by atoms with van der Waals surface area (Å²) in [4.78, 5) is 9.07. The molecule has 0 amide bonds. The number of hydrogen-bond acceptors (Lipinski definition) is 4. The van der Waals surface area contributed by atoms with E-state index < -0.39 is 0 Å². The van der Waals surface area contributed by atoms with Crippen LogP contribution in [-0.4, -0.2) is 42.6 Å². The van der Waals surface area contributed by atoms with Gasteiger partial charge in [0, 0.05) is 32.7 Å². The average Bonchev–Trinajstić information content (AvgIpc) is 2.30. The highest BCUT2D eigenvalue weighted by atomic mass is 35.5. The Labute approximate surface area is 114 Å². The molecule has 4 nitrogen and oxygen atoms in total. The van der Waals surface area contributed by atoms with Crippen LogP contribution in [0.25, 0.3) is 0 Å². The van der Waals surface area contributed by atoms with Gasteiger partial charge >= 0.3 is 0 Å². The van der Waals surface area contributed by atoms with Gasteiger partial charge in [-0.25, -0.2) is 4.98 Å². The lowest BCUT2D eigenvalue weighted by Gasteiger charge is -2.36. The topological polar surface area (TPSA) is 45.4 Å². The number of hydrogen-bond donors (Lipinski definition) is 1. The summed E-state index contributed by atoms with van der Waals surface area (Å²) in [6.07, 6.45) is 1.67. The van der Waals surface area contributed by atoms with E-state index in [2.05, 4.69) is 28.6 Å². The van der Waals surface area contributed by atoms with Crippen molar-refractivity contribution < 1.29 is 0 Å². The molecule has 0 aromatic carbocycles. The number of halogens is 1. The molecule has 2 rings (SSSR count). The Kier molecular flexibility index (Phi) is 4.30. The minimum Gasteiger partial charge on any atom is -0.397 e. The van der Waals surface area contributed by atoms with Gasteiger partial charge in [0.1, 0.15) is 5.82 Å². The van der Waals surface area contributed by atoms with E-state index in [1.807, 2.05) is 0 Å². The van der Waals surface area contributed by atoms with Crippen molar-refractivity contribution in [3.8, 4) is 0 Å². The molecule has 0 bridgehead atoms. The zero-order chi connectivity index (χ0) is 13.1. The van der Waals surface area contributed by atoms with E-state index in [0.717, 1.165) is 44.5 Å². The summed E-state index contributed by atoms with van der Waals surface area (Å²) in [5.41, 5.74) is 6.27. The Morgan fingerprint density at radius 1 is 1.33 bits per heavy atom. The van der Waals surface area contributed by atoms with Gasteiger partial charge in [-0.3, -0.25) is 4.90 Å². The summed E-state index contributed by atoms with van der Waals surface area (Å²) in [7, 11) is 0. The quantitative estimate of drug-likeness (QED) is 0.912. The molecule has 0 spiro atoms. The lowest BCUT2D eigenvalue weighted by atomic mass is 10.2. The molecule has 0 saturated carbocycles. The number of nitrogens with two attached hydrogens (primary N) is 1. The van der Waals surface area contributed by atoms with E-state index in [4.69, 9.17) is 17.3 Å². The van der Waals surface area contributed by atoms with Crippen LogP contribution in [0.15, 0.2) is 12.3 Å². The molecule has 1 saturated heterocycles. The summed E-state index contributed by atoms with van der Waals surface area (Å²) in [6, 6.07) is 1.77. The van der Waals surface area contributed by atoms with Crippen LogP contribution in [0.3, 0.4) is 0 Å². The van der Waals surface area contributed by atoms with Crippen LogP contribution < -0.4 is 10.6 Å². The van der Waals surface area contributed by atoms with Crippen molar-refractivity contribution in [2.24, 2.45) is 5.92 Å². The van der Waals surface area contributed by atoms with Gasteiger partial charge in [0.05, 0.1) is 16.9 Å². The lowest BCUT2D eigenvalue weighted by molar-refractivity contribution is 0.231. The molecular weight excluding hydrogens is 248 g/mol. The lowest BCUT2D eigenvalue weighted by Crippen LogP contribution is -2.47. The zero-order valence-corrected chi connectivity index (χ0v) is 11.8. The largest absolute Gasteiger partial charge is 0.397 e. The third-order valence-corrected chi connectivity index (χ3v) is 3.42. The van der Waals surface area contributed by atoms with Crippen molar-refractivity contribution in [3.63, 3.8) is 0 Å². The second-order valence-electron chi connectivity index (χ2n) is 5.26. The van der Waals surface area contributed by atoms with E-state index in [0.29, 0.717) is 10.7 Å². The van der Waals surface area contributed by atoms with Crippen LogP contribution >= 0.6 is 11.6 Å². The molecule has 2 N–H and O–H groups in total. The second kappa shape index (κ2) is 5.76. The third-order valence-electron chi connectivity index (χ3n) is 3.14. The first-order valence-corrected chi connectivity index (χ1v) is 6.82. The fourth-order valence-corrected chi connectivity index (χ4v) is 2.63. The van der Waals surface area contributed by atoms with Crippen molar-refractivity contribution in [2.75, 3.05) is 43.4 Å². The molecule has 0 radical (unpaired) electrons. The first kappa shape index (κ1) is 13.4. The molecule has 1 fully saturated rings. The highest BCUT2D eigenvalue weighted by Crippen LogP contribution is 2.25. The SMILES string of the molecule is CC(C)CN1CCN(c2ncc(N)cc2Cl)CC1. The highest BCUT2D eigenvalue weighted by Gasteiger charge is 2.20. The average molecular weight is 269 g/mol. The maximum atomic E-state index is 6.19. The molecule has 18 heavy (non-hydrogen) atoms. The normalized spacial score (nSPS) is 17.4. The zero-order valence-electron chi connectivity index (χ0n) is 11.1. The minimum atomic E-state index is 0.613. The van der Waals surface area contributed by atoms with E-state index in [9.17, 15) is 0 Å². The molecule has 0 atom stereocenters. The number of pyridine rings is 1. The van der Waals surface area contributed by atoms with Crippen molar-refractivity contribution >= 4 is 23.1 Å². The van der Waals surface area contributed by atoms with Crippen molar-refractivity contribution in [1.82, 2.24) is 9.88 Å². The Bertz CT molecular complexity index is 400. The van der Waals surface area contributed by atoms with Gasteiger partial charge in [-0.05, 0) is 12.0 Å². The van der Waals surface area contributed by atoms with Gasteiger partial charge in [-0.15, -0.1) is 0 Å². The standard InChI is InChI=1S/C13H21ClN4/c1-10(2)9-17-3-5-18(6-4-17)13-12(14)7-11(15)8-16-13/h7-8,10H,3-6,9,15H2,1-2H3. The van der Waals surface area contributed by atoms with Crippen LogP contribution in [0.1, 0.15) is 13.8 Å². The van der Waals surface area contributed by atoms with E-state index in [-0.39, 0.29) is 0 Å². The number of piperazine rings is 1. The molecular formula is C13H21ClN4. The summed E-state index contributed by atoms with van der Waals surface area (Å²) >= 11 is 6.19. The van der Waals surface area contributed by atoms with E-state index in [1.165, 1.54) is 0 Å². The first-order valence-electron chi connectivity index (χ1n) is 6.44. The van der Waals surface area contributed by atoms with E-state index in [1.54, 1.807) is 12.3 Å². The van der Waals surface area contributed by atoms with Crippen LogP contribution in [0, 0.1) is 5.92 Å². The number of nitrogens with zero attached hydrogens (tertiary/aromatic N) is 3. The van der Waals surface area contributed by atoms with Crippen molar-refractivity contribution in [3.05, 3.63) is 17.3 Å². The van der Waals surface area contributed by atoms with Crippen molar-refractivity contribution in [1.29, 1.82) is 0 Å². The molecule has 1 aliphatic rings. The Morgan fingerprint density at radius 2 is 2.00 bits per heavy atom. The molecule has 2 heterocycles. The van der Waals surface area contributed by atoms with Gasteiger partial charge in [-0.2, -0.15) is 0 Å².